The average molecular weight is 561 g/mol. The van der Waals surface area contributed by atoms with E-state index in [1.165, 1.54) is 64.2 Å². The van der Waals surface area contributed by atoms with Crippen LogP contribution in [0.1, 0.15) is 132 Å². The van der Waals surface area contributed by atoms with E-state index in [0.29, 0.717) is 45.3 Å². The maximum atomic E-state index is 10.5. The molecule has 0 aromatic heterocycles. The van der Waals surface area contributed by atoms with Crippen molar-refractivity contribution in [3.63, 3.8) is 0 Å². The number of aliphatic hydroxyl groups excluding tert-OH is 4. The maximum absolute atomic E-state index is 10.5. The van der Waals surface area contributed by atoms with Gasteiger partial charge in [0.2, 0.25) is 0 Å². The van der Waals surface area contributed by atoms with E-state index in [1.807, 2.05) is 0 Å². The molecule has 5 saturated carbocycles. The van der Waals surface area contributed by atoms with Crippen molar-refractivity contribution in [2.24, 2.45) is 68.5 Å². The van der Waals surface area contributed by atoms with Crippen LogP contribution in [0.15, 0.2) is 0 Å². The molecule has 40 heavy (non-hydrogen) atoms. The summed E-state index contributed by atoms with van der Waals surface area (Å²) in [6, 6.07) is 0. The molecule has 0 radical (unpaired) electrons. The lowest BCUT2D eigenvalue weighted by Crippen LogP contribution is -2.67. The third kappa shape index (κ3) is 4.42. The lowest BCUT2D eigenvalue weighted by atomic mass is 9.30. The van der Waals surface area contributed by atoms with Crippen molar-refractivity contribution in [2.45, 2.75) is 151 Å². The van der Waals surface area contributed by atoms with Gasteiger partial charge < -0.3 is 20.4 Å². The highest BCUT2D eigenvalue weighted by atomic mass is 16.4. The summed E-state index contributed by atoms with van der Waals surface area (Å²) in [7, 11) is 0. The molecule has 0 unspecified atom stereocenters. The summed E-state index contributed by atoms with van der Waals surface area (Å²) in [5.74, 6) is 5.16. The second-order valence-corrected chi connectivity index (χ2v) is 17.7. The van der Waals surface area contributed by atoms with E-state index in [2.05, 4.69) is 55.4 Å². The zero-order valence-corrected chi connectivity index (χ0v) is 27.3. The lowest BCUT2D eigenvalue weighted by molar-refractivity contribution is -0.257. The summed E-state index contributed by atoms with van der Waals surface area (Å²) in [6.07, 6.45) is 11.6. The Labute approximate surface area is 246 Å². The quantitative estimate of drug-likeness (QED) is 0.265. The second kappa shape index (κ2) is 10.5. The van der Waals surface area contributed by atoms with Gasteiger partial charge in [-0.3, -0.25) is 0 Å². The van der Waals surface area contributed by atoms with Gasteiger partial charge in [0, 0.05) is 0 Å². The summed E-state index contributed by atoms with van der Waals surface area (Å²) in [5.41, 5.74) is 2.17. The van der Waals surface area contributed by atoms with Gasteiger partial charge in [0.05, 0.1) is 12.7 Å². The number of fused-ring (bicyclic) bond motifs is 7. The molecule has 0 bridgehead atoms. The van der Waals surface area contributed by atoms with Crippen molar-refractivity contribution in [3.8, 4) is 0 Å². The summed E-state index contributed by atoms with van der Waals surface area (Å²) in [5, 5.41) is 39.6. The molecule has 0 heterocycles. The van der Waals surface area contributed by atoms with Crippen molar-refractivity contribution < 1.29 is 20.4 Å². The van der Waals surface area contributed by atoms with Gasteiger partial charge in [0.25, 0.3) is 0 Å². The second-order valence-electron chi connectivity index (χ2n) is 17.7. The van der Waals surface area contributed by atoms with Crippen molar-refractivity contribution in [2.75, 3.05) is 6.61 Å². The van der Waals surface area contributed by atoms with Gasteiger partial charge in [-0.25, -0.2) is 0 Å². The molecule has 4 heteroatoms. The molecule has 0 amide bonds. The van der Waals surface area contributed by atoms with Crippen LogP contribution in [0.4, 0.5) is 0 Å². The van der Waals surface area contributed by atoms with Crippen molar-refractivity contribution >= 4 is 0 Å². The van der Waals surface area contributed by atoms with Gasteiger partial charge in [-0.05, 0) is 139 Å². The van der Waals surface area contributed by atoms with Gasteiger partial charge in [0.15, 0.2) is 0 Å². The molecule has 14 atom stereocenters. The first-order valence-corrected chi connectivity index (χ1v) is 17.2. The van der Waals surface area contributed by atoms with Crippen LogP contribution in [0.3, 0.4) is 0 Å². The Kier molecular flexibility index (Phi) is 8.19. The molecule has 0 aromatic carbocycles. The summed E-state index contributed by atoms with van der Waals surface area (Å²) >= 11 is 0. The number of hydrogen-bond acceptors (Lipinski definition) is 4. The van der Waals surface area contributed by atoms with Gasteiger partial charge in [-0.2, -0.15) is 0 Å². The first-order chi connectivity index (χ1) is 18.6. The fraction of sp³-hybridized carbons (Fsp3) is 1.00. The van der Waals surface area contributed by atoms with Crippen LogP contribution in [-0.2, 0) is 0 Å². The molecule has 4 N–H and O–H groups in total. The minimum atomic E-state index is -1.27. The monoisotopic (exact) mass is 560 g/mol. The third-order valence-corrected chi connectivity index (χ3v) is 15.7. The van der Waals surface area contributed by atoms with E-state index in [9.17, 15) is 15.3 Å². The molecule has 5 aliphatic carbocycles. The van der Waals surface area contributed by atoms with E-state index < -0.39 is 24.9 Å². The van der Waals surface area contributed by atoms with Crippen LogP contribution >= 0.6 is 0 Å². The highest BCUT2D eigenvalue weighted by Gasteiger charge is 2.71. The molecule has 0 aromatic rings. The molecular weight excluding hydrogens is 496 g/mol. The topological polar surface area (TPSA) is 80.9 Å². The maximum Gasteiger partial charge on any atom is 0.108 e. The minimum Gasteiger partial charge on any atom is -0.394 e. The lowest BCUT2D eigenvalue weighted by Gasteiger charge is -2.74. The van der Waals surface area contributed by atoms with E-state index in [1.54, 1.807) is 0 Å². The van der Waals surface area contributed by atoms with Crippen LogP contribution in [0.2, 0.25) is 0 Å². The van der Waals surface area contributed by atoms with E-state index in [-0.39, 0.29) is 0 Å². The van der Waals surface area contributed by atoms with E-state index in [4.69, 9.17) is 5.11 Å². The smallest absolute Gasteiger partial charge is 0.108 e. The Morgan fingerprint density at radius 2 is 1.40 bits per heavy atom. The standard InChI is InChI=1S/C36H64O4/c1-22(10-11-26(38)30(40)27(39)21-37)24-12-17-33(5)25(24)13-18-36(8)31(33)23(2)20-29-34(6)16-9-15-32(3,4)28(34)14-19-35(29,36)7/h22-31,37-40H,9-21H2,1-8H3/t22-,23-,24+,25-,26+,27-,28-,29+,30+,31+,33-,34-,35+,36+/m0/s1. The van der Waals surface area contributed by atoms with Gasteiger partial charge in [-0.1, -0.05) is 61.8 Å². The molecule has 0 saturated heterocycles. The highest BCUT2D eigenvalue weighted by Crippen LogP contribution is 2.79. The predicted molar refractivity (Wildman–Crippen MR) is 162 cm³/mol. The van der Waals surface area contributed by atoms with E-state index >= 15 is 0 Å². The molecule has 4 nitrogen and oxygen atoms in total. The van der Waals surface area contributed by atoms with Crippen LogP contribution in [0.25, 0.3) is 0 Å². The molecule has 5 fully saturated rings. The van der Waals surface area contributed by atoms with Crippen LogP contribution in [0.5, 0.6) is 0 Å². The number of hydrogen-bond donors (Lipinski definition) is 4. The van der Waals surface area contributed by atoms with Crippen LogP contribution in [-0.4, -0.2) is 45.3 Å². The van der Waals surface area contributed by atoms with Crippen molar-refractivity contribution in [3.05, 3.63) is 0 Å². The van der Waals surface area contributed by atoms with Gasteiger partial charge in [0.1, 0.15) is 12.2 Å². The number of aliphatic hydroxyl groups is 4. The number of rotatable bonds is 7. The molecule has 5 aliphatic rings. The SMILES string of the molecule is C[C@@H](CC[C@@H](O)[C@@H](O)[C@@H](O)CO)[C@H]1CC[C@]2(C)[C@H]3[C@@H](C)C[C@@H]4[C@@]5(C)CCCC(C)(C)[C@@H]5CC[C@@]4(C)[C@]3(C)CC[C@@H]12. The van der Waals surface area contributed by atoms with E-state index in [0.717, 1.165) is 36.0 Å². The van der Waals surface area contributed by atoms with Crippen LogP contribution in [0, 0.1) is 68.5 Å². The fourth-order valence-corrected chi connectivity index (χ4v) is 13.8. The molecule has 5 rings (SSSR count). The van der Waals surface area contributed by atoms with Crippen LogP contribution < -0.4 is 0 Å². The Balaban J connectivity index is 1.36. The molecule has 232 valence electrons. The predicted octanol–water partition coefficient (Wildman–Crippen LogP) is 7.22. The normalized spacial score (nSPS) is 51.0. The first kappa shape index (κ1) is 31.3. The van der Waals surface area contributed by atoms with Crippen molar-refractivity contribution in [1.29, 1.82) is 0 Å². The Morgan fingerprint density at radius 3 is 2.08 bits per heavy atom. The summed E-state index contributed by atoms with van der Waals surface area (Å²) < 4.78 is 0. The first-order valence-electron chi connectivity index (χ1n) is 17.2. The minimum absolute atomic E-state index is 0.383. The Morgan fingerprint density at radius 1 is 0.725 bits per heavy atom. The average Bonchev–Trinajstić information content (AvgIpc) is 3.23. The largest absolute Gasteiger partial charge is 0.394 e. The fourth-order valence-electron chi connectivity index (χ4n) is 13.8. The zero-order chi connectivity index (χ0) is 29.5. The third-order valence-electron chi connectivity index (χ3n) is 15.7. The molecule has 0 aliphatic heterocycles. The summed E-state index contributed by atoms with van der Waals surface area (Å²) in [6.45, 7) is 20.5. The van der Waals surface area contributed by atoms with Crippen molar-refractivity contribution in [1.82, 2.24) is 0 Å². The Hall–Kier alpha value is -0.160. The molecular formula is C36H64O4. The summed E-state index contributed by atoms with van der Waals surface area (Å²) in [4.78, 5) is 0. The molecule has 0 spiro atoms. The highest BCUT2D eigenvalue weighted by molar-refractivity contribution is 5.20. The van der Waals surface area contributed by atoms with Gasteiger partial charge in [-0.15, -0.1) is 0 Å². The van der Waals surface area contributed by atoms with Gasteiger partial charge >= 0.3 is 0 Å². The Bertz CT molecular complexity index is 918. The zero-order valence-electron chi connectivity index (χ0n) is 27.3.